The number of fused-ring (bicyclic) bond motifs is 1. The van der Waals surface area contributed by atoms with Gasteiger partial charge in [0.05, 0.1) is 23.5 Å². The molecule has 198 valence electrons. The second-order valence-corrected chi connectivity index (χ2v) is 10.1. The normalized spacial score (nSPS) is 11.9. The molecule has 0 saturated heterocycles. The number of sulfonamides is 1. The Balaban J connectivity index is 1.48. The topological polar surface area (TPSA) is 103 Å². The SMILES string of the molecule is CCOC(=O)Cc1ccc(NS(=O)(=O)c2ccc(Cc3ccc4oc(=O)cc(C(F)(F)F)c4c3)cc2)cc1. The molecular formula is C27H22F3NO6S. The van der Waals surface area contributed by atoms with Crippen molar-refractivity contribution in [3.05, 3.63) is 105 Å². The molecule has 0 fully saturated rings. The number of carbonyl (C=O) groups excluding carboxylic acids is 1. The molecule has 0 amide bonds. The summed E-state index contributed by atoms with van der Waals surface area (Å²) in [7, 11) is -3.91. The van der Waals surface area contributed by atoms with Crippen molar-refractivity contribution in [3.8, 4) is 0 Å². The number of nitrogens with one attached hydrogen (secondary N) is 1. The van der Waals surface area contributed by atoms with Gasteiger partial charge in [0.2, 0.25) is 0 Å². The van der Waals surface area contributed by atoms with Crippen LogP contribution in [0.1, 0.15) is 29.2 Å². The van der Waals surface area contributed by atoms with E-state index in [9.17, 15) is 31.2 Å². The second-order valence-electron chi connectivity index (χ2n) is 8.41. The Hall–Kier alpha value is -4.12. The number of alkyl halides is 3. The van der Waals surface area contributed by atoms with E-state index < -0.39 is 27.4 Å². The van der Waals surface area contributed by atoms with Gasteiger partial charge in [0.25, 0.3) is 10.0 Å². The zero-order valence-electron chi connectivity index (χ0n) is 20.0. The van der Waals surface area contributed by atoms with Crippen LogP contribution in [-0.2, 0) is 38.6 Å². The first kappa shape index (κ1) is 26.9. The Bertz CT molecular complexity index is 1630. The third-order valence-corrected chi connectivity index (χ3v) is 7.01. The molecule has 0 radical (unpaired) electrons. The molecule has 4 rings (SSSR count). The highest BCUT2D eigenvalue weighted by Gasteiger charge is 2.33. The molecule has 1 aromatic heterocycles. The smallest absolute Gasteiger partial charge is 0.417 e. The van der Waals surface area contributed by atoms with Crippen molar-refractivity contribution >= 4 is 32.6 Å². The number of ether oxygens (including phenoxy) is 1. The van der Waals surface area contributed by atoms with Crippen LogP contribution in [0.5, 0.6) is 0 Å². The number of anilines is 1. The van der Waals surface area contributed by atoms with Crippen molar-refractivity contribution < 1.29 is 35.5 Å². The molecule has 4 aromatic rings. The summed E-state index contributed by atoms with van der Waals surface area (Å²) in [5.74, 6) is -0.378. The van der Waals surface area contributed by atoms with Crippen LogP contribution in [0.3, 0.4) is 0 Å². The molecule has 0 bridgehead atoms. The molecule has 0 unspecified atom stereocenters. The lowest BCUT2D eigenvalue weighted by Crippen LogP contribution is -2.13. The average Bonchev–Trinajstić information content (AvgIpc) is 2.85. The number of carbonyl (C=O) groups is 1. The molecule has 0 atom stereocenters. The van der Waals surface area contributed by atoms with Gasteiger partial charge in [-0.1, -0.05) is 30.3 Å². The summed E-state index contributed by atoms with van der Waals surface area (Å²) in [4.78, 5) is 23.1. The van der Waals surface area contributed by atoms with Crippen molar-refractivity contribution in [3.63, 3.8) is 0 Å². The minimum absolute atomic E-state index is 0.00325. The monoisotopic (exact) mass is 545 g/mol. The van der Waals surface area contributed by atoms with Crippen LogP contribution in [0.25, 0.3) is 11.0 Å². The summed E-state index contributed by atoms with van der Waals surface area (Å²) >= 11 is 0. The van der Waals surface area contributed by atoms with E-state index in [1.54, 1.807) is 37.3 Å². The zero-order chi connectivity index (χ0) is 27.5. The number of rotatable bonds is 8. The Morgan fingerprint density at radius 3 is 2.18 bits per heavy atom. The minimum atomic E-state index is -4.73. The van der Waals surface area contributed by atoms with Gasteiger partial charge in [-0.15, -0.1) is 0 Å². The van der Waals surface area contributed by atoms with Gasteiger partial charge >= 0.3 is 17.8 Å². The Morgan fingerprint density at radius 2 is 1.55 bits per heavy atom. The van der Waals surface area contributed by atoms with Crippen molar-refractivity contribution in [2.45, 2.75) is 30.8 Å². The fourth-order valence-electron chi connectivity index (χ4n) is 3.86. The van der Waals surface area contributed by atoms with Crippen LogP contribution in [-0.4, -0.2) is 21.0 Å². The lowest BCUT2D eigenvalue weighted by molar-refractivity contribution is -0.142. The summed E-state index contributed by atoms with van der Waals surface area (Å²) in [6.07, 6.45) is -4.43. The first-order valence-electron chi connectivity index (χ1n) is 11.4. The summed E-state index contributed by atoms with van der Waals surface area (Å²) in [5.41, 5.74) is -0.164. The highest BCUT2D eigenvalue weighted by molar-refractivity contribution is 7.92. The molecule has 1 N–H and O–H groups in total. The molecule has 11 heteroatoms. The predicted molar refractivity (Wildman–Crippen MR) is 134 cm³/mol. The molecule has 0 spiro atoms. The van der Waals surface area contributed by atoms with Crippen LogP contribution >= 0.6 is 0 Å². The summed E-state index contributed by atoms with van der Waals surface area (Å²) in [6.45, 7) is 1.98. The maximum atomic E-state index is 13.4. The first-order valence-corrected chi connectivity index (χ1v) is 12.9. The van der Waals surface area contributed by atoms with Gasteiger partial charge in [0.15, 0.2) is 0 Å². The van der Waals surface area contributed by atoms with Gasteiger partial charge in [-0.3, -0.25) is 9.52 Å². The second kappa shape index (κ2) is 10.7. The quantitative estimate of drug-likeness (QED) is 0.238. The maximum absolute atomic E-state index is 13.4. The fourth-order valence-corrected chi connectivity index (χ4v) is 4.92. The number of hydrogen-bond acceptors (Lipinski definition) is 6. The third kappa shape index (κ3) is 6.41. The largest absolute Gasteiger partial charge is 0.466 e. The molecular weight excluding hydrogens is 523 g/mol. The van der Waals surface area contributed by atoms with Crippen LogP contribution in [0.4, 0.5) is 18.9 Å². The Labute approximate surface area is 215 Å². The van der Waals surface area contributed by atoms with Crippen molar-refractivity contribution in [1.29, 1.82) is 0 Å². The van der Waals surface area contributed by atoms with Gasteiger partial charge in [0.1, 0.15) is 5.58 Å². The molecule has 0 aliphatic carbocycles. The van der Waals surface area contributed by atoms with E-state index in [1.807, 2.05) is 0 Å². The number of halogens is 3. The van der Waals surface area contributed by atoms with Gasteiger partial charge in [-0.25, -0.2) is 13.2 Å². The molecule has 7 nitrogen and oxygen atoms in total. The van der Waals surface area contributed by atoms with Crippen LogP contribution in [0.15, 0.2) is 86.9 Å². The standard InChI is InChI=1S/C27H22F3NO6S/c1-2-36-25(32)15-18-3-8-20(9-4-18)31-38(34,35)21-10-5-17(6-11-21)13-19-7-12-24-22(14-19)23(27(28,29)30)16-26(33)37-24/h3-12,14,16,31H,2,13,15H2,1H3. The molecule has 1 heterocycles. The summed E-state index contributed by atoms with van der Waals surface area (Å²) < 4.78 is 78.1. The molecule has 38 heavy (non-hydrogen) atoms. The van der Waals surface area contributed by atoms with E-state index >= 15 is 0 Å². The van der Waals surface area contributed by atoms with Gasteiger partial charge in [0, 0.05) is 17.1 Å². The summed E-state index contributed by atoms with van der Waals surface area (Å²) in [6, 6.07) is 16.8. The minimum Gasteiger partial charge on any atom is -0.466 e. The molecule has 0 saturated carbocycles. The molecule has 3 aromatic carbocycles. The average molecular weight is 546 g/mol. The highest BCUT2D eigenvalue weighted by atomic mass is 32.2. The van der Waals surface area contributed by atoms with Gasteiger partial charge in [-0.2, -0.15) is 13.2 Å². The van der Waals surface area contributed by atoms with Crippen molar-refractivity contribution in [2.75, 3.05) is 11.3 Å². The fraction of sp³-hybridized carbons (Fsp3) is 0.185. The van der Waals surface area contributed by atoms with Gasteiger partial charge < -0.3 is 9.15 Å². The predicted octanol–water partition coefficient (Wildman–Crippen LogP) is 5.31. The Morgan fingerprint density at radius 1 is 0.921 bits per heavy atom. The maximum Gasteiger partial charge on any atom is 0.417 e. The van der Waals surface area contributed by atoms with Crippen molar-refractivity contribution in [2.24, 2.45) is 0 Å². The first-order chi connectivity index (χ1) is 17.9. The van der Waals surface area contributed by atoms with E-state index in [0.29, 0.717) is 28.4 Å². The number of hydrogen-bond donors (Lipinski definition) is 1. The van der Waals surface area contributed by atoms with E-state index in [-0.39, 0.29) is 41.3 Å². The van der Waals surface area contributed by atoms with E-state index in [1.165, 1.54) is 36.4 Å². The van der Waals surface area contributed by atoms with E-state index in [2.05, 4.69) is 4.72 Å². The number of esters is 1. The van der Waals surface area contributed by atoms with Crippen LogP contribution in [0.2, 0.25) is 0 Å². The lowest BCUT2D eigenvalue weighted by Gasteiger charge is -2.11. The van der Waals surface area contributed by atoms with E-state index in [4.69, 9.17) is 9.15 Å². The molecule has 0 aliphatic heterocycles. The zero-order valence-corrected chi connectivity index (χ0v) is 20.9. The third-order valence-electron chi connectivity index (χ3n) is 5.61. The number of benzene rings is 3. The lowest BCUT2D eigenvalue weighted by atomic mass is 10.0. The van der Waals surface area contributed by atoms with E-state index in [0.717, 1.165) is 0 Å². The Kier molecular flexibility index (Phi) is 7.58. The van der Waals surface area contributed by atoms with Crippen molar-refractivity contribution in [1.82, 2.24) is 0 Å². The molecule has 0 aliphatic rings. The van der Waals surface area contributed by atoms with Gasteiger partial charge in [-0.05, 0) is 66.4 Å². The van der Waals surface area contributed by atoms with Crippen LogP contribution in [0, 0.1) is 0 Å². The highest BCUT2D eigenvalue weighted by Crippen LogP contribution is 2.34. The summed E-state index contributed by atoms with van der Waals surface area (Å²) in [5, 5.41) is -0.230. The van der Waals surface area contributed by atoms with Crippen LogP contribution < -0.4 is 10.3 Å².